The Morgan fingerprint density at radius 2 is 2.29 bits per heavy atom. The molecule has 1 rings (SSSR count). The van der Waals surface area contributed by atoms with Gasteiger partial charge in [0.15, 0.2) is 6.10 Å². The Hall–Kier alpha value is -1.76. The molecule has 0 aliphatic heterocycles. The van der Waals surface area contributed by atoms with Crippen molar-refractivity contribution in [2.75, 3.05) is 6.54 Å². The molecule has 1 amide bonds. The summed E-state index contributed by atoms with van der Waals surface area (Å²) < 4.78 is 40.5. The van der Waals surface area contributed by atoms with Gasteiger partial charge in [-0.2, -0.15) is 13.2 Å². The highest BCUT2D eigenvalue weighted by Crippen LogP contribution is 2.19. The van der Waals surface area contributed by atoms with E-state index in [1.54, 1.807) is 12.1 Å². The highest BCUT2D eigenvalue weighted by Gasteiger charge is 2.37. The maximum Gasteiger partial charge on any atom is 0.416 e. The van der Waals surface area contributed by atoms with Gasteiger partial charge < -0.3 is 14.8 Å². The molecule has 1 aromatic heterocycles. The number of hydrogen-bond donors (Lipinski definition) is 2. The number of hydrogen-bond acceptors (Lipinski definition) is 3. The molecule has 1 aromatic rings. The fourth-order valence-corrected chi connectivity index (χ4v) is 0.916. The number of aliphatic hydroxyl groups excluding tert-OH is 1. The van der Waals surface area contributed by atoms with Gasteiger partial charge >= 0.3 is 6.18 Å². The summed E-state index contributed by atoms with van der Waals surface area (Å²) in [6.07, 6.45) is -3.59. The number of carbonyl (C=O) groups excluding carboxylic acids is 1. The summed E-state index contributed by atoms with van der Waals surface area (Å²) in [4.78, 5) is 11.1. The van der Waals surface area contributed by atoms with Gasteiger partial charge in [0.05, 0.1) is 12.8 Å². The van der Waals surface area contributed by atoms with Crippen LogP contribution in [-0.4, -0.2) is 29.8 Å². The second kappa shape index (κ2) is 5.53. The second-order valence-electron chi connectivity index (χ2n) is 3.15. The summed E-state index contributed by atoms with van der Waals surface area (Å²) in [5.41, 5.74) is 0. The Morgan fingerprint density at radius 1 is 1.59 bits per heavy atom. The molecule has 0 saturated heterocycles. The van der Waals surface area contributed by atoms with Gasteiger partial charge in [0, 0.05) is 6.08 Å². The molecule has 94 valence electrons. The molecule has 0 spiro atoms. The van der Waals surface area contributed by atoms with E-state index in [-0.39, 0.29) is 0 Å². The zero-order valence-corrected chi connectivity index (χ0v) is 8.57. The predicted octanol–water partition coefficient (Wildman–Crippen LogP) is 1.33. The molecule has 2 N–H and O–H groups in total. The summed E-state index contributed by atoms with van der Waals surface area (Å²) in [7, 11) is 0. The Labute approximate surface area is 94.7 Å². The third-order valence-electron chi connectivity index (χ3n) is 1.79. The van der Waals surface area contributed by atoms with E-state index in [0.717, 1.165) is 6.08 Å². The molecular weight excluding hydrogens is 239 g/mol. The first-order valence-corrected chi connectivity index (χ1v) is 4.64. The first-order valence-electron chi connectivity index (χ1n) is 4.64. The molecule has 17 heavy (non-hydrogen) atoms. The number of alkyl halides is 3. The van der Waals surface area contributed by atoms with Gasteiger partial charge in [-0.15, -0.1) is 0 Å². The van der Waals surface area contributed by atoms with E-state index in [0.29, 0.717) is 5.76 Å². The number of furan rings is 1. The van der Waals surface area contributed by atoms with Crippen LogP contribution in [0.5, 0.6) is 0 Å². The van der Waals surface area contributed by atoms with Crippen LogP contribution in [-0.2, 0) is 4.79 Å². The highest BCUT2D eigenvalue weighted by molar-refractivity contribution is 5.91. The molecule has 1 unspecified atom stereocenters. The zero-order valence-electron chi connectivity index (χ0n) is 8.57. The van der Waals surface area contributed by atoms with E-state index in [1.807, 2.05) is 5.32 Å². The van der Waals surface area contributed by atoms with Gasteiger partial charge in [-0.1, -0.05) is 0 Å². The van der Waals surface area contributed by atoms with Gasteiger partial charge in [-0.05, 0) is 18.2 Å². The molecule has 1 atom stereocenters. The van der Waals surface area contributed by atoms with Crippen LogP contribution in [0, 0.1) is 0 Å². The summed E-state index contributed by atoms with van der Waals surface area (Å²) >= 11 is 0. The lowest BCUT2D eigenvalue weighted by Crippen LogP contribution is -2.40. The van der Waals surface area contributed by atoms with Crippen LogP contribution < -0.4 is 5.32 Å². The van der Waals surface area contributed by atoms with Crippen molar-refractivity contribution >= 4 is 12.0 Å². The third-order valence-corrected chi connectivity index (χ3v) is 1.79. The second-order valence-corrected chi connectivity index (χ2v) is 3.15. The van der Waals surface area contributed by atoms with E-state index >= 15 is 0 Å². The molecule has 0 aromatic carbocycles. The van der Waals surface area contributed by atoms with Gasteiger partial charge in [0.25, 0.3) is 0 Å². The number of halogens is 3. The largest absolute Gasteiger partial charge is 0.465 e. The lowest BCUT2D eigenvalue weighted by Gasteiger charge is -2.14. The van der Waals surface area contributed by atoms with Gasteiger partial charge in [-0.25, -0.2) is 0 Å². The van der Waals surface area contributed by atoms with Crippen molar-refractivity contribution in [3.05, 3.63) is 30.2 Å². The molecule has 1 heterocycles. The van der Waals surface area contributed by atoms with Crippen LogP contribution in [0.25, 0.3) is 6.08 Å². The summed E-state index contributed by atoms with van der Waals surface area (Å²) in [5, 5.41) is 10.5. The minimum absolute atomic E-state index is 0.400. The lowest BCUT2D eigenvalue weighted by atomic mass is 10.3. The number of amides is 1. The van der Waals surface area contributed by atoms with Crippen LogP contribution in [0.1, 0.15) is 5.76 Å². The quantitative estimate of drug-likeness (QED) is 0.791. The molecule has 0 bridgehead atoms. The van der Waals surface area contributed by atoms with Gasteiger partial charge in [0.2, 0.25) is 5.91 Å². The number of nitrogens with one attached hydrogen (secondary N) is 1. The fraction of sp³-hybridized carbons (Fsp3) is 0.300. The smallest absolute Gasteiger partial charge is 0.416 e. The van der Waals surface area contributed by atoms with Crippen LogP contribution >= 0.6 is 0 Å². The van der Waals surface area contributed by atoms with Crippen molar-refractivity contribution in [3.8, 4) is 0 Å². The predicted molar refractivity (Wildman–Crippen MR) is 52.8 cm³/mol. The SMILES string of the molecule is O=C(/C=C/c1ccco1)NCC(O)C(F)(F)F. The topological polar surface area (TPSA) is 62.5 Å². The summed E-state index contributed by atoms with van der Waals surface area (Å²) in [5.74, 6) is -0.346. The average molecular weight is 249 g/mol. The van der Waals surface area contributed by atoms with Crippen LogP contribution in [0.3, 0.4) is 0 Å². The first kappa shape index (κ1) is 13.3. The van der Waals surface area contributed by atoms with Crippen LogP contribution in [0.15, 0.2) is 28.9 Å². The van der Waals surface area contributed by atoms with E-state index in [1.165, 1.54) is 12.3 Å². The van der Waals surface area contributed by atoms with E-state index in [2.05, 4.69) is 0 Å². The number of aliphatic hydroxyl groups is 1. The van der Waals surface area contributed by atoms with Crippen LogP contribution in [0.2, 0.25) is 0 Å². The van der Waals surface area contributed by atoms with Crippen molar-refractivity contribution in [3.63, 3.8) is 0 Å². The van der Waals surface area contributed by atoms with E-state index in [4.69, 9.17) is 9.52 Å². The first-order chi connectivity index (χ1) is 7.89. The maximum absolute atomic E-state index is 11.9. The van der Waals surface area contributed by atoms with Crippen molar-refractivity contribution in [2.24, 2.45) is 0 Å². The van der Waals surface area contributed by atoms with Gasteiger partial charge in [0.1, 0.15) is 5.76 Å². The van der Waals surface area contributed by atoms with Crippen molar-refractivity contribution in [2.45, 2.75) is 12.3 Å². The van der Waals surface area contributed by atoms with Crippen molar-refractivity contribution in [1.82, 2.24) is 5.32 Å². The van der Waals surface area contributed by atoms with E-state index < -0.39 is 24.7 Å². The summed E-state index contributed by atoms with van der Waals surface area (Å²) in [6.45, 7) is -0.884. The monoisotopic (exact) mass is 249 g/mol. The maximum atomic E-state index is 11.9. The van der Waals surface area contributed by atoms with E-state index in [9.17, 15) is 18.0 Å². The van der Waals surface area contributed by atoms with Gasteiger partial charge in [-0.3, -0.25) is 4.79 Å². The van der Waals surface area contributed by atoms with Crippen molar-refractivity contribution < 1.29 is 27.5 Å². The Morgan fingerprint density at radius 3 is 2.82 bits per heavy atom. The standard InChI is InChI=1S/C10H10F3NO3/c11-10(12,13)8(15)6-14-9(16)4-3-7-2-1-5-17-7/h1-5,8,15H,6H2,(H,14,16)/b4-3+. The molecule has 7 heteroatoms. The normalized spacial score (nSPS) is 13.9. The number of rotatable bonds is 4. The Balaban J connectivity index is 2.36. The minimum Gasteiger partial charge on any atom is -0.465 e. The molecular formula is C10H10F3NO3. The zero-order chi connectivity index (χ0) is 12.9. The van der Waals surface area contributed by atoms with Crippen molar-refractivity contribution in [1.29, 1.82) is 0 Å². The highest BCUT2D eigenvalue weighted by atomic mass is 19.4. The Kier molecular flexibility index (Phi) is 4.33. The molecule has 0 saturated carbocycles. The van der Waals surface area contributed by atoms with Crippen LogP contribution in [0.4, 0.5) is 13.2 Å². The summed E-state index contributed by atoms with van der Waals surface area (Å²) in [6, 6.07) is 3.18. The fourth-order valence-electron chi connectivity index (χ4n) is 0.916. The lowest BCUT2D eigenvalue weighted by molar-refractivity contribution is -0.201. The molecule has 0 aliphatic rings. The average Bonchev–Trinajstić information content (AvgIpc) is 2.74. The molecule has 0 fully saturated rings. The molecule has 4 nitrogen and oxygen atoms in total. The third kappa shape index (κ3) is 4.73. The number of carbonyl (C=O) groups is 1. The molecule has 0 radical (unpaired) electrons. The minimum atomic E-state index is -4.74. The molecule has 0 aliphatic carbocycles. The Bertz CT molecular complexity index is 384.